The first-order chi connectivity index (χ1) is 12.7. The molecule has 0 radical (unpaired) electrons. The van der Waals surface area contributed by atoms with Crippen molar-refractivity contribution in [2.75, 3.05) is 7.11 Å². The number of aromatic nitrogens is 1. The molecule has 0 spiro atoms. The van der Waals surface area contributed by atoms with Gasteiger partial charge in [-0.3, -0.25) is 9.78 Å². The molecule has 8 heteroatoms. The number of ketones is 1. The normalized spacial score (nSPS) is 20.3. The quantitative estimate of drug-likeness (QED) is 0.787. The Labute approximate surface area is 158 Å². The van der Waals surface area contributed by atoms with Crippen LogP contribution < -0.4 is 4.74 Å². The van der Waals surface area contributed by atoms with Crippen molar-refractivity contribution in [1.29, 1.82) is 0 Å². The summed E-state index contributed by atoms with van der Waals surface area (Å²) >= 11 is 6.07. The molecule has 1 aromatic carbocycles. The van der Waals surface area contributed by atoms with E-state index in [9.17, 15) is 23.1 Å². The zero-order valence-corrected chi connectivity index (χ0v) is 14.9. The predicted molar refractivity (Wildman–Crippen MR) is 93.1 cm³/mol. The Bertz CT molecular complexity index is 894. The molecule has 142 valence electrons. The van der Waals surface area contributed by atoms with Crippen molar-refractivity contribution in [3.05, 3.63) is 70.2 Å². The molecule has 1 aliphatic rings. The molecule has 0 unspecified atom stereocenters. The number of aliphatic hydroxyl groups is 1. The van der Waals surface area contributed by atoms with E-state index in [1.807, 2.05) is 0 Å². The number of carbonyl (C=O) groups is 1. The molecule has 0 amide bonds. The van der Waals surface area contributed by atoms with Crippen LogP contribution in [0.5, 0.6) is 5.75 Å². The number of carbonyl (C=O) groups excluding carboxylic acids is 1. The van der Waals surface area contributed by atoms with Crippen molar-refractivity contribution >= 4 is 17.4 Å². The Kier molecular flexibility index (Phi) is 5.15. The third-order valence-electron chi connectivity index (χ3n) is 4.49. The lowest BCUT2D eigenvalue weighted by atomic mass is 9.75. The minimum Gasteiger partial charge on any atom is -0.511 e. The maximum absolute atomic E-state index is 12.9. The number of pyridine rings is 1. The minimum atomic E-state index is -4.58. The number of hydrogen-bond acceptors (Lipinski definition) is 4. The second kappa shape index (κ2) is 7.23. The van der Waals surface area contributed by atoms with Crippen molar-refractivity contribution in [3.8, 4) is 5.75 Å². The SMILES string of the molecule is COc1ccc([C@@H]2CC(=O)C=C(O)[C@@H]2c2ncc(C(F)(F)F)cc2Cl)cc1. The molecule has 0 aliphatic heterocycles. The predicted octanol–water partition coefficient (Wildman–Crippen LogP) is 5.04. The number of methoxy groups -OCH3 is 1. The largest absolute Gasteiger partial charge is 0.511 e. The molecule has 3 rings (SSSR count). The molecule has 0 saturated heterocycles. The summed E-state index contributed by atoms with van der Waals surface area (Å²) in [6.07, 6.45) is -2.76. The van der Waals surface area contributed by atoms with E-state index >= 15 is 0 Å². The molecule has 4 nitrogen and oxygen atoms in total. The van der Waals surface area contributed by atoms with Gasteiger partial charge in [0.1, 0.15) is 11.5 Å². The summed E-state index contributed by atoms with van der Waals surface area (Å²) in [6, 6.07) is 7.65. The number of nitrogens with zero attached hydrogens (tertiary/aromatic N) is 1. The number of hydrogen-bond donors (Lipinski definition) is 1. The van der Waals surface area contributed by atoms with E-state index in [2.05, 4.69) is 4.98 Å². The van der Waals surface area contributed by atoms with E-state index in [1.54, 1.807) is 24.3 Å². The summed E-state index contributed by atoms with van der Waals surface area (Å²) in [5.74, 6) is -1.29. The zero-order chi connectivity index (χ0) is 19.8. The maximum Gasteiger partial charge on any atom is 0.417 e. The molecule has 1 aromatic heterocycles. The molecule has 27 heavy (non-hydrogen) atoms. The highest BCUT2D eigenvalue weighted by Crippen LogP contribution is 2.45. The zero-order valence-electron chi connectivity index (χ0n) is 14.1. The van der Waals surface area contributed by atoms with Gasteiger partial charge in [0.15, 0.2) is 5.78 Å². The van der Waals surface area contributed by atoms with Crippen LogP contribution in [0.1, 0.15) is 35.1 Å². The first kappa shape index (κ1) is 19.2. The molecule has 0 saturated carbocycles. The standard InChI is InChI=1S/C19H15ClF3NO3/c1-27-13-4-2-10(3-5-13)14-7-12(25)8-16(26)17(14)18-15(20)6-11(9-24-18)19(21,22)23/h2-6,8-9,14,17,26H,7H2,1H3/t14-,17+/m0/s1. The number of benzene rings is 1. The van der Waals surface area contributed by atoms with Crippen molar-refractivity contribution in [2.24, 2.45) is 0 Å². The van der Waals surface area contributed by atoms with Gasteiger partial charge in [0.05, 0.1) is 29.3 Å². The van der Waals surface area contributed by atoms with Gasteiger partial charge in [-0.15, -0.1) is 0 Å². The molecule has 1 heterocycles. The average molecular weight is 398 g/mol. The van der Waals surface area contributed by atoms with Gasteiger partial charge < -0.3 is 9.84 Å². The Morgan fingerprint density at radius 2 is 1.93 bits per heavy atom. The molecule has 1 N–H and O–H groups in total. The van der Waals surface area contributed by atoms with E-state index in [0.29, 0.717) is 17.5 Å². The van der Waals surface area contributed by atoms with Crippen molar-refractivity contribution in [1.82, 2.24) is 4.98 Å². The van der Waals surface area contributed by atoms with Gasteiger partial charge in [-0.25, -0.2) is 0 Å². The van der Waals surface area contributed by atoms with Crippen LogP contribution in [0.25, 0.3) is 0 Å². The summed E-state index contributed by atoms with van der Waals surface area (Å²) in [5.41, 5.74) is -0.175. The Hall–Kier alpha value is -2.54. The highest BCUT2D eigenvalue weighted by Gasteiger charge is 2.38. The van der Waals surface area contributed by atoms with Crippen LogP contribution in [0, 0.1) is 0 Å². The minimum absolute atomic E-state index is 0.0695. The number of ether oxygens (including phenoxy) is 1. The number of alkyl halides is 3. The molecule has 2 atom stereocenters. The van der Waals surface area contributed by atoms with Crippen LogP contribution >= 0.6 is 11.6 Å². The van der Waals surface area contributed by atoms with Crippen molar-refractivity contribution < 1.29 is 27.8 Å². The second-order valence-corrected chi connectivity index (χ2v) is 6.59. The molecular weight excluding hydrogens is 383 g/mol. The third kappa shape index (κ3) is 3.93. The first-order valence-electron chi connectivity index (χ1n) is 8.00. The average Bonchev–Trinajstić information content (AvgIpc) is 2.61. The summed E-state index contributed by atoms with van der Waals surface area (Å²) in [4.78, 5) is 15.8. The fourth-order valence-electron chi connectivity index (χ4n) is 3.18. The van der Waals surface area contributed by atoms with Gasteiger partial charge in [-0.2, -0.15) is 13.2 Å². The van der Waals surface area contributed by atoms with E-state index in [1.165, 1.54) is 7.11 Å². The van der Waals surface area contributed by atoms with Gasteiger partial charge in [-0.1, -0.05) is 23.7 Å². The van der Waals surface area contributed by atoms with Crippen molar-refractivity contribution in [2.45, 2.75) is 24.4 Å². The van der Waals surface area contributed by atoms with Crippen LogP contribution in [0.4, 0.5) is 13.2 Å². The van der Waals surface area contributed by atoms with Gasteiger partial charge in [0.25, 0.3) is 0 Å². The number of halogens is 4. The van der Waals surface area contributed by atoms with Crippen LogP contribution in [0.2, 0.25) is 5.02 Å². The summed E-state index contributed by atoms with van der Waals surface area (Å²) in [6.45, 7) is 0. The highest BCUT2D eigenvalue weighted by atomic mass is 35.5. The van der Waals surface area contributed by atoms with Crippen LogP contribution in [0.3, 0.4) is 0 Å². The van der Waals surface area contributed by atoms with Crippen LogP contribution in [-0.4, -0.2) is 23.0 Å². The Morgan fingerprint density at radius 1 is 1.26 bits per heavy atom. The van der Waals surface area contributed by atoms with E-state index in [-0.39, 0.29) is 28.7 Å². The maximum atomic E-state index is 12.9. The number of aliphatic hydroxyl groups excluding tert-OH is 1. The lowest BCUT2D eigenvalue weighted by Crippen LogP contribution is -2.23. The third-order valence-corrected chi connectivity index (χ3v) is 4.79. The van der Waals surface area contributed by atoms with Crippen LogP contribution in [-0.2, 0) is 11.0 Å². The first-order valence-corrected chi connectivity index (χ1v) is 8.38. The van der Waals surface area contributed by atoms with Crippen LogP contribution in [0.15, 0.2) is 48.4 Å². The highest BCUT2D eigenvalue weighted by molar-refractivity contribution is 6.31. The Balaban J connectivity index is 2.06. The fourth-order valence-corrected chi connectivity index (χ4v) is 3.46. The smallest absolute Gasteiger partial charge is 0.417 e. The summed E-state index contributed by atoms with van der Waals surface area (Å²) in [5, 5.41) is 10.2. The topological polar surface area (TPSA) is 59.4 Å². The summed E-state index contributed by atoms with van der Waals surface area (Å²) in [7, 11) is 1.52. The van der Waals surface area contributed by atoms with E-state index in [0.717, 1.165) is 12.1 Å². The van der Waals surface area contributed by atoms with Crippen molar-refractivity contribution in [3.63, 3.8) is 0 Å². The number of allylic oxidation sites excluding steroid dienone is 2. The van der Waals surface area contributed by atoms with Gasteiger partial charge in [-0.05, 0) is 23.8 Å². The van der Waals surface area contributed by atoms with E-state index < -0.39 is 23.6 Å². The Morgan fingerprint density at radius 3 is 2.48 bits per heavy atom. The molecule has 0 bridgehead atoms. The fraction of sp³-hybridized carbons (Fsp3) is 0.263. The monoisotopic (exact) mass is 397 g/mol. The van der Waals surface area contributed by atoms with E-state index in [4.69, 9.17) is 16.3 Å². The molecular formula is C19H15ClF3NO3. The summed E-state index contributed by atoms with van der Waals surface area (Å²) < 4.78 is 43.7. The molecule has 0 fully saturated rings. The lowest BCUT2D eigenvalue weighted by molar-refractivity contribution is -0.137. The number of rotatable bonds is 3. The van der Waals surface area contributed by atoms with Gasteiger partial charge in [0.2, 0.25) is 0 Å². The lowest BCUT2D eigenvalue weighted by Gasteiger charge is -2.30. The van der Waals surface area contributed by atoms with Gasteiger partial charge >= 0.3 is 6.18 Å². The molecule has 1 aliphatic carbocycles. The van der Waals surface area contributed by atoms with Gasteiger partial charge in [0, 0.05) is 24.6 Å². The second-order valence-electron chi connectivity index (χ2n) is 6.19. The molecule has 2 aromatic rings.